The van der Waals surface area contributed by atoms with Crippen LogP contribution in [0.4, 0.5) is 0 Å². The van der Waals surface area contributed by atoms with Crippen molar-refractivity contribution in [2.45, 2.75) is 51.4 Å². The zero-order valence-corrected chi connectivity index (χ0v) is 16.5. The normalized spacial score (nSPS) is 12.7. The Kier molecular flexibility index (Phi) is 13.1. The number of aliphatic hydroxyl groups excluding tert-OH is 1. The van der Waals surface area contributed by atoms with Gasteiger partial charge in [0, 0.05) is 6.08 Å². The lowest BCUT2D eigenvalue weighted by atomic mass is 10.1. The van der Waals surface area contributed by atoms with Crippen LogP contribution in [-0.2, 0) is 9.53 Å². The SMILES string of the molecule is C=CC(=O)OCCCCCCCCCC/[P+]([O-])=C(\O)C[N+](C)(C)C. The fourth-order valence-electron chi connectivity index (χ4n) is 2.28. The summed E-state index contributed by atoms with van der Waals surface area (Å²) < 4.78 is 5.51. The van der Waals surface area contributed by atoms with E-state index in [0.29, 0.717) is 23.8 Å². The number of hydrogen-bond acceptors (Lipinski definition) is 3. The molecular weight excluding hydrogens is 325 g/mol. The van der Waals surface area contributed by atoms with Crippen LogP contribution < -0.4 is 4.89 Å². The van der Waals surface area contributed by atoms with Crippen LogP contribution in [0.5, 0.6) is 0 Å². The van der Waals surface area contributed by atoms with Crippen LogP contribution in [0.2, 0.25) is 0 Å². The van der Waals surface area contributed by atoms with E-state index in [1.54, 1.807) is 0 Å². The highest BCUT2D eigenvalue weighted by atomic mass is 31.1. The maximum Gasteiger partial charge on any atom is 0.330 e. The highest BCUT2D eigenvalue weighted by molar-refractivity contribution is 7.51. The number of esters is 1. The number of hydrogen-bond donors (Lipinski definition) is 1. The monoisotopic (exact) mass is 360 g/mol. The summed E-state index contributed by atoms with van der Waals surface area (Å²) in [7, 11) is 4.34. The maximum atomic E-state index is 11.9. The Morgan fingerprint density at radius 1 is 1.08 bits per heavy atom. The van der Waals surface area contributed by atoms with Crippen LogP contribution >= 0.6 is 7.77 Å². The molecule has 0 fully saturated rings. The standard InChI is InChI=1S/C18H34NO4P/c1-5-17(20)23-14-12-10-8-6-7-9-11-13-15-24(22)18(21)16-19(2,3)4/h5H,1,6-16H2,2-4H3/p+1. The minimum absolute atomic E-state index is 0.148. The smallest absolute Gasteiger partial charge is 0.330 e. The number of aliphatic hydroxyl groups is 1. The minimum Gasteiger partial charge on any atom is -0.629 e. The van der Waals surface area contributed by atoms with E-state index >= 15 is 0 Å². The molecule has 0 aliphatic heterocycles. The second-order valence-corrected chi connectivity index (χ2v) is 8.89. The second kappa shape index (κ2) is 13.5. The molecule has 140 valence electrons. The molecule has 0 aromatic rings. The molecule has 1 N–H and O–H groups in total. The van der Waals surface area contributed by atoms with Crippen molar-refractivity contribution in [2.75, 3.05) is 40.5 Å². The molecule has 6 heteroatoms. The summed E-state index contributed by atoms with van der Waals surface area (Å²) >= 11 is 0. The first-order valence-electron chi connectivity index (χ1n) is 8.85. The summed E-state index contributed by atoms with van der Waals surface area (Å²) in [5.74, 6) is -0.349. The van der Waals surface area contributed by atoms with E-state index in [9.17, 15) is 14.8 Å². The zero-order valence-electron chi connectivity index (χ0n) is 15.6. The molecular formula is C18H35NO4P+. The first-order valence-corrected chi connectivity index (χ1v) is 10.3. The third-order valence-electron chi connectivity index (χ3n) is 3.57. The van der Waals surface area contributed by atoms with Gasteiger partial charge >= 0.3 is 5.97 Å². The van der Waals surface area contributed by atoms with Gasteiger partial charge in [0.25, 0.3) is 5.48 Å². The van der Waals surface area contributed by atoms with E-state index in [1.165, 1.54) is 18.9 Å². The van der Waals surface area contributed by atoms with Crippen molar-refractivity contribution in [1.29, 1.82) is 0 Å². The Morgan fingerprint density at radius 3 is 2.08 bits per heavy atom. The lowest BCUT2D eigenvalue weighted by molar-refractivity contribution is -0.861. The average Bonchev–Trinajstić information content (AvgIpc) is 2.50. The molecule has 0 radical (unpaired) electrons. The van der Waals surface area contributed by atoms with Crippen molar-refractivity contribution in [3.05, 3.63) is 12.7 Å². The molecule has 1 unspecified atom stereocenters. The average molecular weight is 360 g/mol. The number of carbonyl (C=O) groups excluding carboxylic acids is 1. The summed E-state index contributed by atoms with van der Waals surface area (Å²) in [4.78, 5) is 22.8. The van der Waals surface area contributed by atoms with Crippen LogP contribution in [-0.4, -0.2) is 61.5 Å². The zero-order chi connectivity index (χ0) is 18.4. The number of ether oxygens (including phenoxy) is 1. The summed E-state index contributed by atoms with van der Waals surface area (Å²) in [5, 5.41) is 9.83. The van der Waals surface area contributed by atoms with Gasteiger partial charge in [0.2, 0.25) is 0 Å². The maximum absolute atomic E-state index is 11.9. The van der Waals surface area contributed by atoms with Gasteiger partial charge in [-0.3, -0.25) is 0 Å². The topological polar surface area (TPSA) is 69.6 Å². The van der Waals surface area contributed by atoms with Gasteiger partial charge in [-0.05, 0) is 19.3 Å². The number of quaternary nitrogens is 1. The summed E-state index contributed by atoms with van der Waals surface area (Å²) in [6.07, 6.45) is 10.4. The summed E-state index contributed by atoms with van der Waals surface area (Å²) in [6.45, 7) is 4.28. The molecule has 0 heterocycles. The van der Waals surface area contributed by atoms with E-state index in [1.807, 2.05) is 21.1 Å². The van der Waals surface area contributed by atoms with Crippen LogP contribution in [0, 0.1) is 0 Å². The highest BCUT2D eigenvalue weighted by Crippen LogP contribution is 2.18. The Balaban J connectivity index is 3.49. The van der Waals surface area contributed by atoms with Gasteiger partial charge in [-0.2, -0.15) is 0 Å². The van der Waals surface area contributed by atoms with E-state index in [4.69, 9.17) is 4.74 Å². The molecule has 0 amide bonds. The Morgan fingerprint density at radius 2 is 1.58 bits per heavy atom. The lowest BCUT2D eigenvalue weighted by Gasteiger charge is -2.22. The first kappa shape index (κ1) is 23.3. The molecule has 0 aromatic heterocycles. The van der Waals surface area contributed by atoms with Crippen molar-refractivity contribution >= 4 is 19.2 Å². The number of carbonyl (C=O) groups is 1. The van der Waals surface area contributed by atoms with Crippen LogP contribution in [0.3, 0.4) is 0 Å². The van der Waals surface area contributed by atoms with Gasteiger partial charge in [-0.15, -0.1) is 0 Å². The van der Waals surface area contributed by atoms with Crippen molar-refractivity contribution < 1.29 is 24.0 Å². The van der Waals surface area contributed by atoms with Gasteiger partial charge in [0.1, 0.15) is 6.16 Å². The van der Waals surface area contributed by atoms with Crippen molar-refractivity contribution in [3.8, 4) is 0 Å². The molecule has 1 atom stereocenters. The third-order valence-corrected chi connectivity index (χ3v) is 5.01. The van der Waals surface area contributed by atoms with Gasteiger partial charge in [-0.25, -0.2) is 4.79 Å². The molecule has 0 rings (SSSR count). The quantitative estimate of drug-likeness (QED) is 0.170. The van der Waals surface area contributed by atoms with Gasteiger partial charge < -0.3 is 19.2 Å². The van der Waals surface area contributed by atoms with E-state index in [-0.39, 0.29) is 11.4 Å². The van der Waals surface area contributed by atoms with E-state index in [0.717, 1.165) is 38.5 Å². The van der Waals surface area contributed by atoms with E-state index in [2.05, 4.69) is 6.58 Å². The Labute approximate surface area is 148 Å². The molecule has 0 saturated heterocycles. The van der Waals surface area contributed by atoms with E-state index < -0.39 is 7.77 Å². The number of unbranched alkanes of at least 4 members (excludes halogenated alkanes) is 7. The van der Waals surface area contributed by atoms with Gasteiger partial charge in [0.05, 0.1) is 35.5 Å². The van der Waals surface area contributed by atoms with Crippen molar-refractivity contribution in [3.63, 3.8) is 0 Å². The Bertz CT molecular complexity index is 402. The van der Waals surface area contributed by atoms with Gasteiger partial charge in [0.15, 0.2) is 6.54 Å². The predicted molar refractivity (Wildman–Crippen MR) is 99.7 cm³/mol. The molecule has 5 nitrogen and oxygen atoms in total. The molecule has 0 aliphatic carbocycles. The third kappa shape index (κ3) is 14.8. The number of likely N-dealkylation sites (N-methyl/N-ethyl adjacent to an activating group) is 1. The lowest BCUT2D eigenvalue weighted by Crippen LogP contribution is -2.39. The van der Waals surface area contributed by atoms with Crippen LogP contribution in [0.15, 0.2) is 12.7 Å². The van der Waals surface area contributed by atoms with Crippen LogP contribution in [0.1, 0.15) is 51.4 Å². The molecule has 24 heavy (non-hydrogen) atoms. The van der Waals surface area contributed by atoms with Crippen molar-refractivity contribution in [2.24, 2.45) is 0 Å². The molecule has 0 saturated carbocycles. The minimum atomic E-state index is -1.59. The fourth-order valence-corrected chi connectivity index (χ4v) is 3.63. The predicted octanol–water partition coefficient (Wildman–Crippen LogP) is 2.80. The Hall–Kier alpha value is -0.740. The second-order valence-electron chi connectivity index (χ2n) is 7.17. The largest absolute Gasteiger partial charge is 0.629 e. The van der Waals surface area contributed by atoms with Gasteiger partial charge in [-0.1, -0.05) is 38.7 Å². The molecule has 0 aliphatic rings. The fraction of sp³-hybridized carbons (Fsp3) is 0.778. The molecule has 0 spiro atoms. The summed E-state index contributed by atoms with van der Waals surface area (Å²) in [6, 6.07) is 0. The first-order chi connectivity index (χ1) is 11.3. The summed E-state index contributed by atoms with van der Waals surface area (Å²) in [5.41, 5.74) is 0.148. The molecule has 0 bridgehead atoms. The van der Waals surface area contributed by atoms with Crippen molar-refractivity contribution in [1.82, 2.24) is 0 Å². The highest BCUT2D eigenvalue weighted by Gasteiger charge is 2.16. The number of nitrogens with zero attached hydrogens (tertiary/aromatic N) is 1. The number of rotatable bonds is 14. The molecule has 0 aromatic carbocycles. The van der Waals surface area contributed by atoms with Crippen LogP contribution in [0.25, 0.3) is 0 Å².